The Hall–Kier alpha value is -2.51. The van der Waals surface area contributed by atoms with Crippen LogP contribution in [-0.4, -0.2) is 31.8 Å². The molecule has 1 N–H and O–H groups in total. The van der Waals surface area contributed by atoms with Crippen LogP contribution in [0.4, 0.5) is 18.9 Å². The number of carbonyl (C=O) groups is 1. The lowest BCUT2D eigenvalue weighted by molar-refractivity contribution is -0.111. The molecule has 1 aliphatic carbocycles. The summed E-state index contributed by atoms with van der Waals surface area (Å²) in [5, 5.41) is 2.71. The number of hydrogen-bond donors (Lipinski definition) is 1. The zero-order valence-corrected chi connectivity index (χ0v) is 15.5. The van der Waals surface area contributed by atoms with Gasteiger partial charge in [0.25, 0.3) is 0 Å². The van der Waals surface area contributed by atoms with E-state index < -0.39 is 6.68 Å². The molecular formula is C19H25F3N2O3. The van der Waals surface area contributed by atoms with Crippen LogP contribution in [0.25, 0.3) is 6.08 Å². The zero-order valence-electron chi connectivity index (χ0n) is 15.5. The van der Waals surface area contributed by atoms with Gasteiger partial charge in [-0.05, 0) is 30.9 Å². The normalized spacial score (nSPS) is 14.4. The number of allylic oxidation sites excluding steroid dienone is 1. The maximum Gasteiger partial charge on any atom is 0.379 e. The van der Waals surface area contributed by atoms with Crippen LogP contribution in [0.15, 0.2) is 24.8 Å². The van der Waals surface area contributed by atoms with Crippen LogP contribution < -0.4 is 14.8 Å². The monoisotopic (exact) mass is 386 g/mol. The molecule has 27 heavy (non-hydrogen) atoms. The highest BCUT2D eigenvalue weighted by atomic mass is 19.4. The summed E-state index contributed by atoms with van der Waals surface area (Å²) >= 11 is 0. The molecule has 0 aromatic carbocycles. The lowest BCUT2D eigenvalue weighted by atomic mass is 9.89. The summed E-state index contributed by atoms with van der Waals surface area (Å²) in [6, 6.07) is 1.81. The van der Waals surface area contributed by atoms with Crippen molar-refractivity contribution in [1.82, 2.24) is 4.98 Å². The van der Waals surface area contributed by atoms with Gasteiger partial charge in [-0.1, -0.05) is 38.0 Å². The molecule has 1 fully saturated rings. The Morgan fingerprint density at radius 1 is 1.22 bits per heavy atom. The number of alkyl halides is 3. The Bertz CT molecular complexity index is 643. The van der Waals surface area contributed by atoms with Crippen molar-refractivity contribution in [2.45, 2.75) is 38.8 Å². The number of amides is 1. The molecule has 1 heterocycles. The SMILES string of the molecule is C=CC(=O)Nc1cc(/C=C/C2CCCCC2)c(OC)nc1OC.FC(F)F. The third-order valence-corrected chi connectivity index (χ3v) is 4.01. The van der Waals surface area contributed by atoms with Crippen LogP contribution >= 0.6 is 0 Å². The van der Waals surface area contributed by atoms with Gasteiger partial charge in [0.15, 0.2) is 0 Å². The lowest BCUT2D eigenvalue weighted by Crippen LogP contribution is -2.10. The van der Waals surface area contributed by atoms with Gasteiger partial charge in [0, 0.05) is 5.56 Å². The molecule has 0 bridgehead atoms. The first-order valence-electron chi connectivity index (χ1n) is 8.58. The predicted molar refractivity (Wildman–Crippen MR) is 98.9 cm³/mol. The number of carbonyl (C=O) groups excluding carboxylic acids is 1. The van der Waals surface area contributed by atoms with Crippen LogP contribution in [0.2, 0.25) is 0 Å². The minimum absolute atomic E-state index is 0.308. The van der Waals surface area contributed by atoms with Gasteiger partial charge >= 0.3 is 6.68 Å². The summed E-state index contributed by atoms with van der Waals surface area (Å²) in [5.74, 6) is 1.08. The van der Waals surface area contributed by atoms with E-state index in [0.29, 0.717) is 23.4 Å². The molecule has 150 valence electrons. The van der Waals surface area contributed by atoms with Gasteiger partial charge in [0.05, 0.1) is 14.2 Å². The van der Waals surface area contributed by atoms with Crippen LogP contribution in [-0.2, 0) is 4.79 Å². The fourth-order valence-corrected chi connectivity index (χ4v) is 2.77. The average Bonchev–Trinajstić information content (AvgIpc) is 2.66. The second-order valence-corrected chi connectivity index (χ2v) is 5.84. The Kier molecular flexibility index (Phi) is 10.00. The van der Waals surface area contributed by atoms with Gasteiger partial charge in [-0.3, -0.25) is 4.79 Å². The summed E-state index contributed by atoms with van der Waals surface area (Å²) in [6.07, 6.45) is 11.8. The number of methoxy groups -OCH3 is 2. The molecule has 5 nitrogen and oxygen atoms in total. The van der Waals surface area contributed by atoms with Crippen molar-refractivity contribution in [3.05, 3.63) is 30.4 Å². The first-order chi connectivity index (χ1) is 12.9. The highest BCUT2D eigenvalue weighted by molar-refractivity contribution is 6.00. The Morgan fingerprint density at radius 3 is 2.33 bits per heavy atom. The van der Waals surface area contributed by atoms with E-state index in [0.717, 1.165) is 5.56 Å². The maximum absolute atomic E-state index is 11.6. The quantitative estimate of drug-likeness (QED) is 0.700. The number of rotatable bonds is 6. The summed E-state index contributed by atoms with van der Waals surface area (Å²) in [5.41, 5.74) is 1.32. The van der Waals surface area contributed by atoms with Gasteiger partial charge in [-0.15, -0.1) is 0 Å². The molecule has 0 unspecified atom stereocenters. The minimum Gasteiger partial charge on any atom is -0.480 e. The Balaban J connectivity index is 0.000000828. The van der Waals surface area contributed by atoms with E-state index in [9.17, 15) is 18.0 Å². The standard InChI is InChI=1S/C18H24N2O3.CHF3/c1-4-16(21)19-15-12-14(17(22-2)20-18(15)23-3)11-10-13-8-6-5-7-9-13;2-1(3)4/h4,10-13H,1,5-9H2,2-3H3,(H,19,21);1H/b11-10+;. The van der Waals surface area contributed by atoms with Crippen LogP contribution in [0.3, 0.4) is 0 Å². The molecule has 1 aromatic heterocycles. The fraction of sp³-hybridized carbons (Fsp3) is 0.474. The first kappa shape index (κ1) is 22.5. The van der Waals surface area contributed by atoms with E-state index in [2.05, 4.69) is 23.0 Å². The van der Waals surface area contributed by atoms with Gasteiger partial charge in [0.2, 0.25) is 17.7 Å². The molecule has 2 rings (SSSR count). The van der Waals surface area contributed by atoms with Gasteiger partial charge in [0.1, 0.15) is 5.69 Å². The van der Waals surface area contributed by atoms with E-state index in [-0.39, 0.29) is 5.91 Å². The molecule has 1 aromatic rings. The number of nitrogens with zero attached hydrogens (tertiary/aromatic N) is 1. The molecule has 1 aliphatic rings. The minimum atomic E-state index is -3.67. The van der Waals surface area contributed by atoms with E-state index >= 15 is 0 Å². The van der Waals surface area contributed by atoms with E-state index in [1.165, 1.54) is 45.3 Å². The molecule has 0 saturated heterocycles. The highest BCUT2D eigenvalue weighted by Gasteiger charge is 2.14. The van der Waals surface area contributed by atoms with Crippen molar-refractivity contribution in [2.24, 2.45) is 5.92 Å². The van der Waals surface area contributed by atoms with Crippen molar-refractivity contribution < 1.29 is 27.4 Å². The van der Waals surface area contributed by atoms with Crippen molar-refractivity contribution in [3.8, 4) is 11.8 Å². The number of pyridine rings is 1. The van der Waals surface area contributed by atoms with Crippen molar-refractivity contribution >= 4 is 17.7 Å². The van der Waals surface area contributed by atoms with Crippen LogP contribution in [0.1, 0.15) is 37.7 Å². The number of halogens is 3. The second kappa shape index (κ2) is 12.0. The predicted octanol–water partition coefficient (Wildman–Crippen LogP) is 5.00. The van der Waals surface area contributed by atoms with Crippen LogP contribution in [0, 0.1) is 5.92 Å². The summed E-state index contributed by atoms with van der Waals surface area (Å²) in [7, 11) is 3.07. The smallest absolute Gasteiger partial charge is 0.379 e. The second-order valence-electron chi connectivity index (χ2n) is 5.84. The number of nitrogens with one attached hydrogen (secondary N) is 1. The summed E-state index contributed by atoms with van der Waals surface area (Å²) in [6.45, 7) is -0.213. The molecular weight excluding hydrogens is 361 g/mol. The number of ether oxygens (including phenoxy) is 2. The summed E-state index contributed by atoms with van der Waals surface area (Å²) in [4.78, 5) is 15.9. The Labute approximate surface area is 157 Å². The van der Waals surface area contributed by atoms with E-state index in [1.807, 2.05) is 12.1 Å². The largest absolute Gasteiger partial charge is 0.480 e. The maximum atomic E-state index is 11.6. The molecule has 0 aliphatic heterocycles. The number of hydrogen-bond acceptors (Lipinski definition) is 4. The molecule has 8 heteroatoms. The number of anilines is 1. The van der Waals surface area contributed by atoms with Crippen molar-refractivity contribution in [1.29, 1.82) is 0 Å². The van der Waals surface area contributed by atoms with Crippen molar-refractivity contribution in [2.75, 3.05) is 19.5 Å². The van der Waals surface area contributed by atoms with Gasteiger partial charge in [-0.2, -0.15) is 18.2 Å². The van der Waals surface area contributed by atoms with Gasteiger partial charge in [-0.25, -0.2) is 0 Å². The third-order valence-electron chi connectivity index (χ3n) is 4.01. The van der Waals surface area contributed by atoms with Crippen molar-refractivity contribution in [3.63, 3.8) is 0 Å². The molecule has 0 atom stereocenters. The molecule has 0 spiro atoms. The lowest BCUT2D eigenvalue weighted by Gasteiger charge is -2.18. The van der Waals surface area contributed by atoms with Crippen LogP contribution in [0.5, 0.6) is 11.8 Å². The fourth-order valence-electron chi connectivity index (χ4n) is 2.77. The highest BCUT2D eigenvalue weighted by Crippen LogP contribution is 2.31. The molecule has 1 amide bonds. The first-order valence-corrected chi connectivity index (χ1v) is 8.58. The summed E-state index contributed by atoms with van der Waals surface area (Å²) < 4.78 is 39.6. The number of aromatic nitrogens is 1. The van der Waals surface area contributed by atoms with Gasteiger partial charge < -0.3 is 14.8 Å². The Morgan fingerprint density at radius 2 is 1.81 bits per heavy atom. The average molecular weight is 386 g/mol. The third kappa shape index (κ3) is 8.15. The van der Waals surface area contributed by atoms with E-state index in [4.69, 9.17) is 9.47 Å². The zero-order chi connectivity index (χ0) is 20.2. The van der Waals surface area contributed by atoms with E-state index in [1.54, 1.807) is 7.11 Å². The topological polar surface area (TPSA) is 60.5 Å². The molecule has 0 radical (unpaired) electrons. The molecule has 1 saturated carbocycles.